The average Bonchev–Trinajstić information content (AvgIpc) is 3.24. The van der Waals surface area contributed by atoms with Crippen molar-refractivity contribution in [3.8, 4) is 5.75 Å². The summed E-state index contributed by atoms with van der Waals surface area (Å²) in [4.78, 5) is 39.4. The molecule has 1 aliphatic rings. The maximum Gasteiger partial charge on any atom is 0.341 e. The van der Waals surface area contributed by atoms with Crippen LogP contribution >= 0.6 is 22.9 Å². The van der Waals surface area contributed by atoms with Crippen molar-refractivity contribution in [2.45, 2.75) is 52.6 Å². The Labute approximate surface area is 225 Å². The number of hydrogen-bond donors (Lipinski definition) is 2. The van der Waals surface area contributed by atoms with Crippen molar-refractivity contribution < 1.29 is 23.9 Å². The van der Waals surface area contributed by atoms with Crippen molar-refractivity contribution in [1.29, 1.82) is 0 Å². The van der Waals surface area contributed by atoms with Crippen LogP contribution in [0.3, 0.4) is 0 Å². The zero-order valence-electron chi connectivity index (χ0n) is 21.0. The third-order valence-electron chi connectivity index (χ3n) is 6.13. The second-order valence-electron chi connectivity index (χ2n) is 8.82. The summed E-state index contributed by atoms with van der Waals surface area (Å²) >= 11 is 7.47. The van der Waals surface area contributed by atoms with Crippen LogP contribution in [-0.2, 0) is 22.4 Å². The predicted octanol–water partition coefficient (Wildman–Crippen LogP) is 6.42. The molecule has 0 saturated carbocycles. The highest BCUT2D eigenvalue weighted by Gasteiger charge is 2.27. The third kappa shape index (κ3) is 6.32. The average molecular weight is 541 g/mol. The molecule has 0 spiro atoms. The van der Waals surface area contributed by atoms with E-state index >= 15 is 0 Å². The summed E-state index contributed by atoms with van der Waals surface area (Å²) in [6.07, 6.45) is 3.02. The lowest BCUT2D eigenvalue weighted by atomic mass is 9.95. The number of carbonyl (C=O) groups excluding carboxylic acids is 3. The van der Waals surface area contributed by atoms with Crippen LogP contribution < -0.4 is 15.4 Å². The molecule has 2 N–H and O–H groups in total. The molecule has 0 radical (unpaired) electrons. The van der Waals surface area contributed by atoms with E-state index in [1.165, 1.54) is 11.3 Å². The lowest BCUT2D eigenvalue weighted by Gasteiger charge is -2.16. The van der Waals surface area contributed by atoms with Crippen LogP contribution in [0.5, 0.6) is 5.75 Å². The Kier molecular flexibility index (Phi) is 8.51. The van der Waals surface area contributed by atoms with Crippen molar-refractivity contribution in [2.75, 3.05) is 17.2 Å². The lowest BCUT2D eigenvalue weighted by molar-refractivity contribution is -0.122. The summed E-state index contributed by atoms with van der Waals surface area (Å²) in [6.45, 7) is 5.56. The fraction of sp³-hybridized carbons (Fsp3) is 0.321. The van der Waals surface area contributed by atoms with Gasteiger partial charge in [-0.1, -0.05) is 17.7 Å². The second-order valence-corrected chi connectivity index (χ2v) is 10.4. The molecular formula is C28H29ClN2O5S. The molecule has 2 aromatic carbocycles. The van der Waals surface area contributed by atoms with Gasteiger partial charge < -0.3 is 20.1 Å². The quantitative estimate of drug-likeness (QED) is 0.321. The zero-order valence-corrected chi connectivity index (χ0v) is 22.6. The van der Waals surface area contributed by atoms with E-state index in [-0.39, 0.29) is 18.4 Å². The van der Waals surface area contributed by atoms with Gasteiger partial charge in [-0.15, -0.1) is 11.3 Å². The Morgan fingerprint density at radius 2 is 1.78 bits per heavy atom. The van der Waals surface area contributed by atoms with Gasteiger partial charge in [0.25, 0.3) is 11.8 Å². The largest absolute Gasteiger partial charge is 0.481 e. The first-order valence-electron chi connectivity index (χ1n) is 12.2. The molecule has 0 fully saturated rings. The molecule has 1 heterocycles. The predicted molar refractivity (Wildman–Crippen MR) is 146 cm³/mol. The third-order valence-corrected chi connectivity index (χ3v) is 7.58. The van der Waals surface area contributed by atoms with Crippen molar-refractivity contribution in [1.82, 2.24) is 0 Å². The van der Waals surface area contributed by atoms with Crippen molar-refractivity contribution in [3.05, 3.63) is 74.6 Å². The smallest absolute Gasteiger partial charge is 0.341 e. The van der Waals surface area contributed by atoms with Crippen LogP contribution in [0.2, 0.25) is 5.02 Å². The van der Waals surface area contributed by atoms with Crippen LogP contribution in [0.25, 0.3) is 0 Å². The number of anilines is 2. The molecule has 7 nitrogen and oxygen atoms in total. The first-order chi connectivity index (χ1) is 17.8. The van der Waals surface area contributed by atoms with Gasteiger partial charge in [-0.2, -0.15) is 0 Å². The summed E-state index contributed by atoms with van der Waals surface area (Å²) in [6, 6.07) is 11.8. The maximum atomic E-state index is 13.0. The number of esters is 1. The normalized spacial score (nSPS) is 13.3. The molecule has 0 bridgehead atoms. The van der Waals surface area contributed by atoms with Gasteiger partial charge in [0, 0.05) is 21.2 Å². The molecule has 4 rings (SSSR count). The highest BCUT2D eigenvalue weighted by molar-refractivity contribution is 7.17. The first-order valence-corrected chi connectivity index (χ1v) is 13.4. The molecular weight excluding hydrogens is 512 g/mol. The van der Waals surface area contributed by atoms with Crippen LogP contribution in [0, 0.1) is 6.92 Å². The van der Waals surface area contributed by atoms with Crippen molar-refractivity contribution >= 4 is 51.4 Å². The van der Waals surface area contributed by atoms with Gasteiger partial charge in [0.05, 0.1) is 12.2 Å². The summed E-state index contributed by atoms with van der Waals surface area (Å²) in [5.74, 6) is -0.611. The number of amides is 2. The van der Waals surface area contributed by atoms with Crippen molar-refractivity contribution in [2.24, 2.45) is 0 Å². The second kappa shape index (κ2) is 11.8. The molecule has 37 heavy (non-hydrogen) atoms. The van der Waals surface area contributed by atoms with Crippen LogP contribution in [0.15, 0.2) is 42.5 Å². The minimum absolute atomic E-state index is 0.271. The number of aryl methyl sites for hydroxylation is 2. The lowest BCUT2D eigenvalue weighted by Crippen LogP contribution is -2.30. The number of benzene rings is 2. The molecule has 2 amide bonds. The minimum Gasteiger partial charge on any atom is -0.481 e. The monoisotopic (exact) mass is 540 g/mol. The van der Waals surface area contributed by atoms with E-state index in [9.17, 15) is 14.4 Å². The number of halogens is 1. The number of fused-ring (bicyclic) bond motifs is 1. The van der Waals surface area contributed by atoms with E-state index in [0.29, 0.717) is 32.6 Å². The van der Waals surface area contributed by atoms with Crippen LogP contribution in [-0.4, -0.2) is 30.5 Å². The van der Waals surface area contributed by atoms with E-state index in [0.717, 1.165) is 41.7 Å². The number of nitrogens with one attached hydrogen (secondary N) is 2. The Morgan fingerprint density at radius 3 is 2.51 bits per heavy atom. The van der Waals surface area contributed by atoms with Gasteiger partial charge in [-0.05, 0) is 94.0 Å². The van der Waals surface area contributed by atoms with Gasteiger partial charge in [-0.25, -0.2) is 4.79 Å². The number of rotatable bonds is 8. The Balaban J connectivity index is 1.42. The highest BCUT2D eigenvalue weighted by atomic mass is 35.5. The fourth-order valence-electron chi connectivity index (χ4n) is 4.15. The summed E-state index contributed by atoms with van der Waals surface area (Å²) in [5, 5.41) is 6.78. The molecule has 9 heteroatoms. The molecule has 1 atom stereocenters. The molecule has 3 aromatic rings. The summed E-state index contributed by atoms with van der Waals surface area (Å²) in [7, 11) is 0. The number of ether oxygens (including phenoxy) is 2. The summed E-state index contributed by atoms with van der Waals surface area (Å²) < 4.78 is 11.0. The zero-order chi connectivity index (χ0) is 26.5. The topological polar surface area (TPSA) is 93.7 Å². The number of carbonyl (C=O) groups is 3. The Hall–Kier alpha value is -3.36. The van der Waals surface area contributed by atoms with E-state index in [1.54, 1.807) is 50.2 Å². The first kappa shape index (κ1) is 26.7. The van der Waals surface area contributed by atoms with Crippen molar-refractivity contribution in [3.63, 3.8) is 0 Å². The van der Waals surface area contributed by atoms with Gasteiger partial charge in [0.2, 0.25) is 0 Å². The SMILES string of the molecule is CCOC(=O)c1c(NC(=O)c2ccc(O[C@H](C)C(=O)Nc3cc(Cl)ccc3C)cc2)sc2c1CCCC2. The maximum absolute atomic E-state index is 13.0. The number of thiophene rings is 1. The van der Waals surface area contributed by atoms with E-state index in [1.807, 2.05) is 13.0 Å². The van der Waals surface area contributed by atoms with Gasteiger partial charge in [0.15, 0.2) is 6.10 Å². The molecule has 0 saturated heterocycles. The number of hydrogen-bond acceptors (Lipinski definition) is 6. The van der Waals surface area contributed by atoms with Crippen LogP contribution in [0.4, 0.5) is 10.7 Å². The Bertz CT molecular complexity index is 1320. The van der Waals surface area contributed by atoms with E-state index < -0.39 is 12.1 Å². The van der Waals surface area contributed by atoms with Crippen LogP contribution in [0.1, 0.15) is 63.4 Å². The summed E-state index contributed by atoms with van der Waals surface area (Å²) in [5.41, 5.74) is 3.38. The minimum atomic E-state index is -0.775. The van der Waals surface area contributed by atoms with Gasteiger partial charge in [0.1, 0.15) is 10.8 Å². The van der Waals surface area contributed by atoms with E-state index in [4.69, 9.17) is 21.1 Å². The molecule has 1 aliphatic carbocycles. The molecule has 1 aromatic heterocycles. The standard InChI is InChI=1S/C28H29ClN2O5S/c1-4-35-28(34)24-21-7-5-6-8-23(21)37-27(24)31-26(33)18-10-13-20(14-11-18)36-17(3)25(32)30-22-15-19(29)12-9-16(22)2/h9-15,17H,4-8H2,1-3H3,(H,30,32)(H,31,33)/t17-/m1/s1. The molecule has 0 unspecified atom stereocenters. The molecule has 194 valence electrons. The Morgan fingerprint density at radius 1 is 1.05 bits per heavy atom. The van der Waals surface area contributed by atoms with Gasteiger partial charge >= 0.3 is 5.97 Å². The highest BCUT2D eigenvalue weighted by Crippen LogP contribution is 2.39. The molecule has 0 aliphatic heterocycles. The van der Waals surface area contributed by atoms with Gasteiger partial charge in [-0.3, -0.25) is 9.59 Å². The van der Waals surface area contributed by atoms with E-state index in [2.05, 4.69) is 10.6 Å². The fourth-order valence-corrected chi connectivity index (χ4v) is 5.60.